The number of para-hydroxylation sites is 1. The van der Waals surface area contributed by atoms with Gasteiger partial charge in [-0.25, -0.2) is 0 Å². The lowest BCUT2D eigenvalue weighted by Crippen LogP contribution is -2.29. The van der Waals surface area contributed by atoms with Gasteiger partial charge in [-0.2, -0.15) is 11.3 Å². The van der Waals surface area contributed by atoms with E-state index in [0.29, 0.717) is 0 Å². The molecule has 4 heteroatoms. The average molecular weight is 283 g/mol. The van der Waals surface area contributed by atoms with Crippen LogP contribution < -0.4 is 11.3 Å². The van der Waals surface area contributed by atoms with Gasteiger partial charge in [0.2, 0.25) is 0 Å². The number of rotatable bonds is 5. The molecule has 2 heterocycles. The molecule has 3 aromatic rings. The predicted molar refractivity (Wildman–Crippen MR) is 84.4 cm³/mol. The Bertz CT molecular complexity index is 679. The van der Waals surface area contributed by atoms with E-state index in [1.807, 2.05) is 18.2 Å². The third-order valence-electron chi connectivity index (χ3n) is 3.48. The van der Waals surface area contributed by atoms with Gasteiger partial charge in [-0.05, 0) is 47.4 Å². The summed E-state index contributed by atoms with van der Waals surface area (Å²) in [7, 11) is 0. The Morgan fingerprint density at radius 3 is 2.85 bits per heavy atom. The highest BCUT2D eigenvalue weighted by Crippen LogP contribution is 2.20. The first-order valence-corrected chi connectivity index (χ1v) is 7.64. The minimum Gasteiger partial charge on any atom is -0.271 e. The monoisotopic (exact) mass is 283 g/mol. The molecule has 0 aliphatic heterocycles. The maximum absolute atomic E-state index is 5.70. The van der Waals surface area contributed by atoms with E-state index in [9.17, 15) is 0 Å². The van der Waals surface area contributed by atoms with E-state index >= 15 is 0 Å². The molecule has 102 valence electrons. The molecule has 20 heavy (non-hydrogen) atoms. The molecule has 2 aromatic heterocycles. The normalized spacial score (nSPS) is 12.7. The summed E-state index contributed by atoms with van der Waals surface area (Å²) in [5.41, 5.74) is 6.26. The van der Waals surface area contributed by atoms with Gasteiger partial charge in [0, 0.05) is 5.39 Å². The van der Waals surface area contributed by atoms with Crippen molar-refractivity contribution < 1.29 is 0 Å². The molecule has 0 spiro atoms. The lowest BCUT2D eigenvalue weighted by atomic mass is 10.0. The fourth-order valence-electron chi connectivity index (χ4n) is 2.34. The predicted octanol–water partition coefficient (Wildman–Crippen LogP) is 3.43. The Hall–Kier alpha value is -1.75. The first-order valence-electron chi connectivity index (χ1n) is 6.70. The van der Waals surface area contributed by atoms with Crippen molar-refractivity contribution in [3.05, 3.63) is 64.5 Å². The molecule has 3 N–H and O–H groups in total. The lowest BCUT2D eigenvalue weighted by Gasteiger charge is -2.15. The van der Waals surface area contributed by atoms with Crippen LogP contribution >= 0.6 is 11.3 Å². The van der Waals surface area contributed by atoms with E-state index < -0.39 is 0 Å². The van der Waals surface area contributed by atoms with E-state index in [-0.39, 0.29) is 6.04 Å². The van der Waals surface area contributed by atoms with Gasteiger partial charge in [0.05, 0.1) is 17.3 Å². The Morgan fingerprint density at radius 1 is 1.15 bits per heavy atom. The van der Waals surface area contributed by atoms with Gasteiger partial charge < -0.3 is 0 Å². The van der Waals surface area contributed by atoms with Crippen molar-refractivity contribution in [1.82, 2.24) is 10.4 Å². The molecule has 0 saturated heterocycles. The van der Waals surface area contributed by atoms with Crippen LogP contribution in [0.5, 0.6) is 0 Å². The summed E-state index contributed by atoms with van der Waals surface area (Å²) in [5.74, 6) is 5.70. The zero-order valence-electron chi connectivity index (χ0n) is 11.1. The maximum atomic E-state index is 5.70. The Kier molecular flexibility index (Phi) is 4.06. The van der Waals surface area contributed by atoms with E-state index in [1.54, 1.807) is 11.3 Å². The van der Waals surface area contributed by atoms with Gasteiger partial charge in [-0.1, -0.05) is 24.3 Å². The van der Waals surface area contributed by atoms with Crippen LogP contribution in [0.15, 0.2) is 53.2 Å². The summed E-state index contributed by atoms with van der Waals surface area (Å²) in [6.07, 6.45) is 1.95. The molecule has 0 saturated carbocycles. The Balaban J connectivity index is 1.79. The van der Waals surface area contributed by atoms with E-state index in [2.05, 4.69) is 40.5 Å². The third kappa shape index (κ3) is 2.88. The number of hydrogen-bond acceptors (Lipinski definition) is 4. The standard InChI is InChI=1S/C16H17N3S/c17-19-16(7-5-12-9-10-20-11-12)15-8-6-13-3-1-2-4-14(13)18-15/h1-4,6,8-11,16,19H,5,7,17H2. The van der Waals surface area contributed by atoms with Crippen molar-refractivity contribution in [2.45, 2.75) is 18.9 Å². The van der Waals surface area contributed by atoms with Crippen molar-refractivity contribution in [2.75, 3.05) is 0 Å². The van der Waals surface area contributed by atoms with Crippen LogP contribution in [0.1, 0.15) is 23.7 Å². The highest BCUT2D eigenvalue weighted by Gasteiger charge is 2.12. The number of nitrogens with zero attached hydrogens (tertiary/aromatic N) is 1. The fraction of sp³-hybridized carbons (Fsp3) is 0.188. The van der Waals surface area contributed by atoms with Crippen molar-refractivity contribution in [1.29, 1.82) is 0 Å². The number of aromatic nitrogens is 1. The smallest absolute Gasteiger partial charge is 0.0706 e. The van der Waals surface area contributed by atoms with Crippen LogP contribution in [0, 0.1) is 0 Å². The summed E-state index contributed by atoms with van der Waals surface area (Å²) in [5, 5.41) is 5.44. The number of aryl methyl sites for hydroxylation is 1. The zero-order chi connectivity index (χ0) is 13.8. The number of nitrogens with one attached hydrogen (secondary N) is 1. The van der Waals surface area contributed by atoms with Crippen LogP contribution in [0.4, 0.5) is 0 Å². The molecule has 0 aliphatic carbocycles. The quantitative estimate of drug-likeness (QED) is 0.557. The van der Waals surface area contributed by atoms with Crippen molar-refractivity contribution in [2.24, 2.45) is 5.84 Å². The second-order valence-corrected chi connectivity index (χ2v) is 5.60. The minimum atomic E-state index is 0.0829. The van der Waals surface area contributed by atoms with E-state index in [1.165, 1.54) is 5.56 Å². The number of benzene rings is 1. The van der Waals surface area contributed by atoms with Gasteiger partial charge in [0.15, 0.2) is 0 Å². The van der Waals surface area contributed by atoms with Crippen LogP contribution in [0.3, 0.4) is 0 Å². The molecular weight excluding hydrogens is 266 g/mol. The molecule has 1 unspecified atom stereocenters. The van der Waals surface area contributed by atoms with Gasteiger partial charge in [-0.3, -0.25) is 16.3 Å². The molecule has 0 radical (unpaired) electrons. The third-order valence-corrected chi connectivity index (χ3v) is 4.21. The highest BCUT2D eigenvalue weighted by molar-refractivity contribution is 7.07. The molecule has 0 amide bonds. The first-order chi connectivity index (χ1) is 9.86. The van der Waals surface area contributed by atoms with Crippen LogP contribution in [0.2, 0.25) is 0 Å². The van der Waals surface area contributed by atoms with E-state index in [4.69, 9.17) is 10.8 Å². The van der Waals surface area contributed by atoms with Crippen molar-refractivity contribution in [3.8, 4) is 0 Å². The van der Waals surface area contributed by atoms with Crippen molar-refractivity contribution >= 4 is 22.2 Å². The SMILES string of the molecule is NNC(CCc1ccsc1)c1ccc2ccccc2n1. The average Bonchev–Trinajstić information content (AvgIpc) is 3.01. The van der Waals surface area contributed by atoms with Crippen molar-refractivity contribution in [3.63, 3.8) is 0 Å². The molecular formula is C16H17N3S. The maximum Gasteiger partial charge on any atom is 0.0706 e. The van der Waals surface area contributed by atoms with Gasteiger partial charge >= 0.3 is 0 Å². The topological polar surface area (TPSA) is 50.9 Å². The van der Waals surface area contributed by atoms with E-state index in [0.717, 1.165) is 29.4 Å². The largest absolute Gasteiger partial charge is 0.271 e. The van der Waals surface area contributed by atoms with Crippen LogP contribution in [0.25, 0.3) is 10.9 Å². The molecule has 0 bridgehead atoms. The van der Waals surface area contributed by atoms with Gasteiger partial charge in [0.1, 0.15) is 0 Å². The molecule has 0 fully saturated rings. The summed E-state index contributed by atoms with van der Waals surface area (Å²) >= 11 is 1.73. The lowest BCUT2D eigenvalue weighted by molar-refractivity contribution is 0.506. The minimum absolute atomic E-state index is 0.0829. The van der Waals surface area contributed by atoms with Gasteiger partial charge in [-0.15, -0.1) is 0 Å². The zero-order valence-corrected chi connectivity index (χ0v) is 11.9. The molecule has 1 aromatic carbocycles. The number of pyridine rings is 1. The Morgan fingerprint density at radius 2 is 2.05 bits per heavy atom. The van der Waals surface area contributed by atoms with Crippen LogP contribution in [-0.4, -0.2) is 4.98 Å². The Labute approximate surface area is 122 Å². The molecule has 1 atom stereocenters. The summed E-state index contributed by atoms with van der Waals surface area (Å²) in [6.45, 7) is 0. The highest BCUT2D eigenvalue weighted by atomic mass is 32.1. The fourth-order valence-corrected chi connectivity index (χ4v) is 3.04. The number of hydrazine groups is 1. The van der Waals surface area contributed by atoms with Gasteiger partial charge in [0.25, 0.3) is 0 Å². The summed E-state index contributed by atoms with van der Waals surface area (Å²) in [6, 6.07) is 14.5. The molecule has 0 aliphatic rings. The second kappa shape index (κ2) is 6.13. The second-order valence-electron chi connectivity index (χ2n) is 4.82. The van der Waals surface area contributed by atoms with Crippen LogP contribution in [-0.2, 0) is 6.42 Å². The number of hydrogen-bond donors (Lipinski definition) is 2. The molecule has 3 nitrogen and oxygen atoms in total. The number of fused-ring (bicyclic) bond motifs is 1. The summed E-state index contributed by atoms with van der Waals surface area (Å²) in [4.78, 5) is 4.71. The first kappa shape index (κ1) is 13.2. The number of thiophene rings is 1. The summed E-state index contributed by atoms with van der Waals surface area (Å²) < 4.78 is 0. The number of nitrogens with two attached hydrogens (primary N) is 1. The molecule has 3 rings (SSSR count).